The molecule has 0 radical (unpaired) electrons. The smallest absolute Gasteiger partial charge is 0.170 e. The van der Waals surface area contributed by atoms with E-state index < -0.39 is 0 Å². The fraction of sp³-hybridized carbons (Fsp3) is 0.389. The van der Waals surface area contributed by atoms with Crippen LogP contribution in [0.3, 0.4) is 0 Å². The Bertz CT molecular complexity index is 702. The molecule has 0 atom stereocenters. The molecule has 0 aliphatic carbocycles. The molecule has 1 aliphatic rings. The lowest BCUT2D eigenvalue weighted by Crippen LogP contribution is -2.38. The van der Waals surface area contributed by atoms with Crippen molar-refractivity contribution in [3.63, 3.8) is 0 Å². The molecule has 6 heteroatoms. The van der Waals surface area contributed by atoms with E-state index in [1.807, 2.05) is 30.3 Å². The van der Waals surface area contributed by atoms with Gasteiger partial charge in [0.15, 0.2) is 5.11 Å². The molecule has 0 spiro atoms. The molecular formula is C18H23N3O2S. The first-order chi connectivity index (χ1) is 11.7. The van der Waals surface area contributed by atoms with Crippen LogP contribution in [0.4, 0.5) is 5.69 Å². The maximum Gasteiger partial charge on any atom is 0.170 e. The van der Waals surface area contributed by atoms with E-state index in [2.05, 4.69) is 15.5 Å². The van der Waals surface area contributed by atoms with Gasteiger partial charge in [0.2, 0.25) is 0 Å². The number of benzene rings is 2. The highest BCUT2D eigenvalue weighted by molar-refractivity contribution is 7.80. The molecule has 0 bridgehead atoms. The number of thiocarbonyl (C=S) groups is 1. The maximum atomic E-state index is 9.94. The first kappa shape index (κ1) is 17.0. The van der Waals surface area contributed by atoms with Crippen LogP contribution in [0.15, 0.2) is 36.4 Å². The Balaban J connectivity index is 1.49. The number of fused-ring (bicyclic) bond motifs is 1. The van der Waals surface area contributed by atoms with Crippen molar-refractivity contribution in [2.24, 2.45) is 0 Å². The van der Waals surface area contributed by atoms with Crippen molar-refractivity contribution in [1.29, 1.82) is 0 Å². The van der Waals surface area contributed by atoms with Crippen LogP contribution in [-0.4, -0.2) is 54.5 Å². The maximum absolute atomic E-state index is 9.94. The fourth-order valence-electron chi connectivity index (χ4n) is 2.90. The second kappa shape index (κ2) is 8.28. The Labute approximate surface area is 147 Å². The molecule has 24 heavy (non-hydrogen) atoms. The van der Waals surface area contributed by atoms with Gasteiger partial charge in [-0.05, 0) is 37.3 Å². The largest absolute Gasteiger partial charge is 0.507 e. The summed E-state index contributed by atoms with van der Waals surface area (Å²) in [5.74, 6) is 0.278. The lowest BCUT2D eigenvalue weighted by Gasteiger charge is -2.26. The van der Waals surface area contributed by atoms with Crippen LogP contribution in [0.1, 0.15) is 6.42 Å². The summed E-state index contributed by atoms with van der Waals surface area (Å²) in [5, 5.41) is 18.8. The zero-order valence-corrected chi connectivity index (χ0v) is 14.4. The second-order valence-corrected chi connectivity index (χ2v) is 6.27. The number of rotatable bonds is 5. The van der Waals surface area contributed by atoms with Crippen molar-refractivity contribution in [3.8, 4) is 5.75 Å². The number of morpholine rings is 1. The van der Waals surface area contributed by atoms with Crippen LogP contribution in [0.5, 0.6) is 5.75 Å². The summed E-state index contributed by atoms with van der Waals surface area (Å²) in [7, 11) is 0. The van der Waals surface area contributed by atoms with Gasteiger partial charge >= 0.3 is 0 Å². The third-order valence-corrected chi connectivity index (χ3v) is 4.43. The number of hydrogen-bond donors (Lipinski definition) is 3. The number of aromatic hydroxyl groups is 1. The Morgan fingerprint density at radius 1 is 1.12 bits per heavy atom. The van der Waals surface area contributed by atoms with Crippen LogP contribution < -0.4 is 10.6 Å². The second-order valence-electron chi connectivity index (χ2n) is 5.87. The molecule has 1 heterocycles. The number of phenolic OH excluding ortho intramolecular Hbond substituents is 1. The summed E-state index contributed by atoms with van der Waals surface area (Å²) in [4.78, 5) is 2.41. The summed E-state index contributed by atoms with van der Waals surface area (Å²) in [5.41, 5.74) is 0.897. The van der Waals surface area contributed by atoms with Crippen molar-refractivity contribution >= 4 is 33.8 Å². The summed E-state index contributed by atoms with van der Waals surface area (Å²) in [6.45, 7) is 5.59. The van der Waals surface area contributed by atoms with Gasteiger partial charge in [0.1, 0.15) is 5.75 Å². The first-order valence-corrected chi connectivity index (χ1v) is 8.70. The summed E-state index contributed by atoms with van der Waals surface area (Å²) in [6, 6.07) is 11.3. The first-order valence-electron chi connectivity index (χ1n) is 8.30. The number of nitrogens with one attached hydrogen (secondary N) is 2. The van der Waals surface area contributed by atoms with Gasteiger partial charge in [0.05, 0.1) is 13.2 Å². The van der Waals surface area contributed by atoms with Crippen LogP contribution >= 0.6 is 12.2 Å². The minimum Gasteiger partial charge on any atom is -0.507 e. The molecule has 0 amide bonds. The van der Waals surface area contributed by atoms with E-state index >= 15 is 0 Å². The monoisotopic (exact) mass is 345 g/mol. The lowest BCUT2D eigenvalue weighted by atomic mass is 10.1. The molecule has 0 unspecified atom stereocenters. The third kappa shape index (κ3) is 4.35. The average molecular weight is 345 g/mol. The number of hydrogen-bond acceptors (Lipinski definition) is 4. The normalized spacial score (nSPS) is 15.3. The molecule has 128 valence electrons. The van der Waals surface area contributed by atoms with E-state index in [-0.39, 0.29) is 5.75 Å². The number of ether oxygens (including phenoxy) is 1. The molecule has 3 N–H and O–H groups in total. The van der Waals surface area contributed by atoms with Crippen LogP contribution in [-0.2, 0) is 4.74 Å². The van der Waals surface area contributed by atoms with E-state index in [0.717, 1.165) is 62.3 Å². The zero-order valence-electron chi connectivity index (χ0n) is 13.6. The van der Waals surface area contributed by atoms with Crippen molar-refractivity contribution in [2.75, 3.05) is 44.7 Å². The number of phenols is 1. The van der Waals surface area contributed by atoms with E-state index in [9.17, 15) is 5.11 Å². The predicted molar refractivity (Wildman–Crippen MR) is 102 cm³/mol. The number of nitrogens with zero attached hydrogens (tertiary/aromatic N) is 1. The van der Waals surface area contributed by atoms with Gasteiger partial charge < -0.3 is 20.5 Å². The minimum absolute atomic E-state index is 0.278. The summed E-state index contributed by atoms with van der Waals surface area (Å²) >= 11 is 5.38. The highest BCUT2D eigenvalue weighted by Gasteiger charge is 2.09. The average Bonchev–Trinajstić information content (AvgIpc) is 2.61. The van der Waals surface area contributed by atoms with Crippen molar-refractivity contribution in [2.45, 2.75) is 6.42 Å². The highest BCUT2D eigenvalue weighted by atomic mass is 32.1. The Hall–Kier alpha value is -1.89. The van der Waals surface area contributed by atoms with E-state index in [1.165, 1.54) is 0 Å². The molecule has 5 nitrogen and oxygen atoms in total. The standard InChI is InChI=1S/C18H23N3O2S/c22-17-7-2-4-14-15(17)5-1-6-16(14)20-18(24)19-8-3-9-21-10-12-23-13-11-21/h1-2,4-7,22H,3,8-13H2,(H2,19,20,24). The van der Waals surface area contributed by atoms with E-state index in [4.69, 9.17) is 17.0 Å². The molecule has 1 saturated heterocycles. The van der Waals surface area contributed by atoms with Crippen LogP contribution in [0, 0.1) is 0 Å². The zero-order chi connectivity index (χ0) is 16.8. The third-order valence-electron chi connectivity index (χ3n) is 4.19. The van der Waals surface area contributed by atoms with Crippen LogP contribution in [0.25, 0.3) is 10.8 Å². The van der Waals surface area contributed by atoms with Gasteiger partial charge in [0, 0.05) is 36.1 Å². The quantitative estimate of drug-likeness (QED) is 0.572. The molecule has 2 aromatic rings. The van der Waals surface area contributed by atoms with E-state index in [1.54, 1.807) is 6.07 Å². The molecule has 1 aliphatic heterocycles. The molecule has 1 fully saturated rings. The summed E-state index contributed by atoms with van der Waals surface area (Å²) in [6.07, 6.45) is 1.04. The SMILES string of the molecule is Oc1cccc2c(NC(=S)NCCCN3CCOCC3)cccc12. The molecular weight excluding hydrogens is 322 g/mol. The molecule has 2 aromatic carbocycles. The fourth-order valence-corrected chi connectivity index (χ4v) is 3.11. The Morgan fingerprint density at radius 3 is 2.71 bits per heavy atom. The van der Waals surface area contributed by atoms with Gasteiger partial charge in [-0.1, -0.05) is 24.3 Å². The topological polar surface area (TPSA) is 56.8 Å². The van der Waals surface area contributed by atoms with Gasteiger partial charge in [0.25, 0.3) is 0 Å². The molecule has 0 aromatic heterocycles. The van der Waals surface area contributed by atoms with E-state index in [0.29, 0.717) is 5.11 Å². The lowest BCUT2D eigenvalue weighted by molar-refractivity contribution is 0.0376. The molecule has 3 rings (SSSR count). The van der Waals surface area contributed by atoms with Crippen LogP contribution in [0.2, 0.25) is 0 Å². The molecule has 0 saturated carbocycles. The summed E-state index contributed by atoms with van der Waals surface area (Å²) < 4.78 is 5.35. The van der Waals surface area contributed by atoms with Gasteiger partial charge in [-0.3, -0.25) is 4.90 Å². The van der Waals surface area contributed by atoms with Gasteiger partial charge in [-0.25, -0.2) is 0 Å². The van der Waals surface area contributed by atoms with Crippen molar-refractivity contribution in [1.82, 2.24) is 10.2 Å². The van der Waals surface area contributed by atoms with Gasteiger partial charge in [-0.2, -0.15) is 0 Å². The Kier molecular flexibility index (Phi) is 5.85. The Morgan fingerprint density at radius 2 is 1.88 bits per heavy atom. The minimum atomic E-state index is 0.278. The van der Waals surface area contributed by atoms with Crippen molar-refractivity contribution in [3.05, 3.63) is 36.4 Å². The van der Waals surface area contributed by atoms with Crippen molar-refractivity contribution < 1.29 is 9.84 Å². The number of anilines is 1. The predicted octanol–water partition coefficient (Wildman–Crippen LogP) is 2.55. The van der Waals surface area contributed by atoms with Gasteiger partial charge in [-0.15, -0.1) is 0 Å². The highest BCUT2D eigenvalue weighted by Crippen LogP contribution is 2.29.